The first-order chi connectivity index (χ1) is 15.6. The summed E-state index contributed by atoms with van der Waals surface area (Å²) in [4.78, 5) is 14.2. The first-order valence-electron chi connectivity index (χ1n) is 11.3. The topological polar surface area (TPSA) is 60.2 Å². The molecule has 2 N–H and O–H groups in total. The normalized spacial score (nSPS) is 21.3. The van der Waals surface area contributed by atoms with Crippen LogP contribution in [0.25, 0.3) is 0 Å². The first kappa shape index (κ1) is 23.3. The number of ketones is 1. The minimum atomic E-state index is -1.08. The molecule has 2 heterocycles. The lowest BCUT2D eigenvalue weighted by Gasteiger charge is -2.31. The second-order valence-corrected chi connectivity index (χ2v) is 8.59. The van der Waals surface area contributed by atoms with Gasteiger partial charge in [0.05, 0.1) is 19.5 Å². The highest BCUT2D eigenvalue weighted by molar-refractivity contribution is 5.96. The minimum Gasteiger partial charge on any atom is -1.00 e. The number of Topliss-reactive ketones (excluding diaryl/α,β-unsaturated/α-hetero) is 1. The number of benzene rings is 3. The van der Waals surface area contributed by atoms with Gasteiger partial charge in [0.2, 0.25) is 0 Å². The maximum absolute atomic E-state index is 12.9. The second-order valence-electron chi connectivity index (χ2n) is 8.59. The number of quaternary nitrogens is 1. The molecule has 0 aromatic heterocycles. The molecule has 0 aliphatic carbocycles. The Kier molecular flexibility index (Phi) is 7.03. The third kappa shape index (κ3) is 4.76. The van der Waals surface area contributed by atoms with Gasteiger partial charge in [-0.2, -0.15) is 0 Å². The Labute approximate surface area is 200 Å². The number of rotatable bonds is 5. The van der Waals surface area contributed by atoms with Crippen molar-refractivity contribution in [2.75, 3.05) is 32.8 Å². The van der Waals surface area contributed by atoms with E-state index in [2.05, 4.69) is 6.07 Å². The molecule has 0 saturated heterocycles. The summed E-state index contributed by atoms with van der Waals surface area (Å²) in [6, 6.07) is 23.4. The fourth-order valence-electron chi connectivity index (χ4n) is 4.83. The highest BCUT2D eigenvalue weighted by atomic mass is 35.5. The van der Waals surface area contributed by atoms with Crippen LogP contribution in [0.4, 0.5) is 0 Å². The summed E-state index contributed by atoms with van der Waals surface area (Å²) in [6.07, 6.45) is 1.29. The Morgan fingerprint density at radius 2 is 1.67 bits per heavy atom. The quantitative estimate of drug-likeness (QED) is 0.495. The van der Waals surface area contributed by atoms with Gasteiger partial charge in [0.15, 0.2) is 22.9 Å². The molecule has 2 unspecified atom stereocenters. The zero-order valence-electron chi connectivity index (χ0n) is 18.4. The zero-order chi connectivity index (χ0) is 22.0. The van der Waals surface area contributed by atoms with E-state index in [4.69, 9.17) is 9.47 Å². The molecule has 0 bridgehead atoms. The number of hydrogen-bond acceptors (Lipinski definition) is 4. The monoisotopic (exact) mass is 465 g/mol. The Bertz CT molecular complexity index is 1120. The summed E-state index contributed by atoms with van der Waals surface area (Å²) in [5.41, 5.74) is 2.60. The van der Waals surface area contributed by atoms with Gasteiger partial charge in [-0.05, 0) is 34.9 Å². The van der Waals surface area contributed by atoms with Crippen LogP contribution in [0.5, 0.6) is 11.5 Å². The molecule has 172 valence electrons. The summed E-state index contributed by atoms with van der Waals surface area (Å²) in [5, 5.41) is 11.9. The minimum absolute atomic E-state index is 0. The predicted molar refractivity (Wildman–Crippen MR) is 122 cm³/mol. The number of nitrogens with one attached hydrogen (secondary N) is 1. The summed E-state index contributed by atoms with van der Waals surface area (Å²) in [7, 11) is 0. The van der Waals surface area contributed by atoms with Gasteiger partial charge in [0, 0.05) is 12.0 Å². The molecule has 5 rings (SSSR count). The number of ether oxygens (including phenoxy) is 2. The van der Waals surface area contributed by atoms with Crippen LogP contribution >= 0.6 is 0 Å². The van der Waals surface area contributed by atoms with Crippen molar-refractivity contribution in [1.29, 1.82) is 0 Å². The summed E-state index contributed by atoms with van der Waals surface area (Å²) in [5.74, 6) is 1.41. The molecule has 0 saturated carbocycles. The molecule has 3 aromatic rings. The molecular weight excluding hydrogens is 438 g/mol. The number of halogens is 1. The SMILES string of the molecule is O=C(CC[NH+]1CCc2ccccc2C(O)(c2ccccc2)C1)c1ccc2c(c1)OCCO2.[Cl-]. The van der Waals surface area contributed by atoms with Crippen LogP contribution in [0, 0.1) is 0 Å². The summed E-state index contributed by atoms with van der Waals surface area (Å²) in [6.45, 7) is 3.10. The molecule has 0 spiro atoms. The second kappa shape index (κ2) is 9.96. The van der Waals surface area contributed by atoms with Gasteiger partial charge >= 0.3 is 0 Å². The average molecular weight is 466 g/mol. The van der Waals surface area contributed by atoms with Crippen molar-refractivity contribution < 1.29 is 36.7 Å². The van der Waals surface area contributed by atoms with Gasteiger partial charge in [0.25, 0.3) is 0 Å². The molecule has 6 heteroatoms. The van der Waals surface area contributed by atoms with Gasteiger partial charge in [-0.3, -0.25) is 4.79 Å². The highest BCUT2D eigenvalue weighted by Gasteiger charge is 2.40. The van der Waals surface area contributed by atoms with E-state index in [1.165, 1.54) is 10.5 Å². The highest BCUT2D eigenvalue weighted by Crippen LogP contribution is 2.33. The lowest BCUT2D eigenvalue weighted by molar-refractivity contribution is -0.905. The maximum Gasteiger partial charge on any atom is 0.168 e. The number of fused-ring (bicyclic) bond motifs is 2. The standard InChI is InChI=1S/C27H27NO4.ClH/c29-24(21-10-11-25-26(18-21)32-17-16-31-25)13-15-28-14-12-20-6-4-5-9-23(20)27(30,19-28)22-7-2-1-3-8-22;/h1-11,18,30H,12-17,19H2;1H. The van der Waals surface area contributed by atoms with Gasteiger partial charge < -0.3 is 31.9 Å². The van der Waals surface area contributed by atoms with Gasteiger partial charge in [-0.25, -0.2) is 0 Å². The van der Waals surface area contributed by atoms with Crippen LogP contribution in [0.2, 0.25) is 0 Å². The van der Waals surface area contributed by atoms with Crippen molar-refractivity contribution >= 4 is 5.78 Å². The lowest BCUT2D eigenvalue weighted by Crippen LogP contribution is -3.13. The van der Waals surface area contributed by atoms with Gasteiger partial charge in [-0.15, -0.1) is 0 Å². The van der Waals surface area contributed by atoms with Crippen molar-refractivity contribution in [3.8, 4) is 11.5 Å². The Hall–Kier alpha value is -2.86. The fourth-order valence-corrected chi connectivity index (χ4v) is 4.83. The van der Waals surface area contributed by atoms with E-state index >= 15 is 0 Å². The third-order valence-electron chi connectivity index (χ3n) is 6.54. The molecule has 3 aromatic carbocycles. The lowest BCUT2D eigenvalue weighted by atomic mass is 9.83. The molecular formula is C27H28ClNO4. The number of aliphatic hydroxyl groups is 1. The summed E-state index contributed by atoms with van der Waals surface area (Å²) >= 11 is 0. The van der Waals surface area contributed by atoms with Crippen LogP contribution in [-0.4, -0.2) is 43.7 Å². The Morgan fingerprint density at radius 3 is 2.48 bits per heavy atom. The molecule has 0 radical (unpaired) electrons. The Balaban J connectivity index is 0.00000259. The Morgan fingerprint density at radius 1 is 0.939 bits per heavy atom. The third-order valence-corrected chi connectivity index (χ3v) is 6.54. The molecule has 33 heavy (non-hydrogen) atoms. The van der Waals surface area contributed by atoms with Crippen LogP contribution in [-0.2, 0) is 12.0 Å². The van der Waals surface area contributed by atoms with Crippen molar-refractivity contribution in [3.63, 3.8) is 0 Å². The van der Waals surface area contributed by atoms with E-state index in [9.17, 15) is 9.90 Å². The van der Waals surface area contributed by atoms with Gasteiger partial charge in [0.1, 0.15) is 19.8 Å². The zero-order valence-corrected chi connectivity index (χ0v) is 19.2. The predicted octanol–water partition coefficient (Wildman–Crippen LogP) is -0.588. The molecule has 5 nitrogen and oxygen atoms in total. The smallest absolute Gasteiger partial charge is 0.168 e. The van der Waals surface area contributed by atoms with Crippen LogP contribution < -0.4 is 26.8 Å². The molecule has 2 aliphatic rings. The van der Waals surface area contributed by atoms with Crippen LogP contribution in [0.1, 0.15) is 33.5 Å². The van der Waals surface area contributed by atoms with Crippen molar-refractivity contribution in [3.05, 3.63) is 95.1 Å². The van der Waals surface area contributed by atoms with Crippen LogP contribution in [0.3, 0.4) is 0 Å². The molecule has 2 atom stereocenters. The van der Waals surface area contributed by atoms with Crippen molar-refractivity contribution in [2.45, 2.75) is 18.4 Å². The number of carbonyl (C=O) groups excluding carboxylic acids is 1. The fraction of sp³-hybridized carbons (Fsp3) is 0.296. The van der Waals surface area contributed by atoms with E-state index in [-0.39, 0.29) is 18.2 Å². The number of hydrogen-bond donors (Lipinski definition) is 2. The largest absolute Gasteiger partial charge is 1.00 e. The number of carbonyl (C=O) groups is 1. The van der Waals surface area contributed by atoms with E-state index < -0.39 is 5.60 Å². The first-order valence-corrected chi connectivity index (χ1v) is 11.3. The average Bonchev–Trinajstić information content (AvgIpc) is 3.00. The van der Waals surface area contributed by atoms with E-state index in [1.807, 2.05) is 60.7 Å². The molecule has 0 amide bonds. The maximum atomic E-state index is 12.9. The van der Waals surface area contributed by atoms with Crippen molar-refractivity contribution in [2.24, 2.45) is 0 Å². The van der Waals surface area contributed by atoms with E-state index in [0.717, 1.165) is 24.1 Å². The summed E-state index contributed by atoms with van der Waals surface area (Å²) < 4.78 is 11.2. The van der Waals surface area contributed by atoms with Crippen molar-refractivity contribution in [1.82, 2.24) is 0 Å². The van der Waals surface area contributed by atoms with Crippen LogP contribution in [0.15, 0.2) is 72.8 Å². The van der Waals surface area contributed by atoms with E-state index in [1.54, 1.807) is 6.07 Å². The van der Waals surface area contributed by atoms with Gasteiger partial charge in [-0.1, -0.05) is 54.6 Å². The molecule has 0 fully saturated rings. The molecule has 2 aliphatic heterocycles. The van der Waals surface area contributed by atoms with E-state index in [0.29, 0.717) is 49.8 Å².